The van der Waals surface area contributed by atoms with Crippen LogP contribution in [0.4, 0.5) is 0 Å². The van der Waals surface area contributed by atoms with E-state index in [0.29, 0.717) is 0 Å². The van der Waals surface area contributed by atoms with E-state index >= 15 is 0 Å². The molecule has 0 unspecified atom stereocenters. The van der Waals surface area contributed by atoms with Crippen LogP contribution in [0.2, 0.25) is 0 Å². The molecule has 0 bridgehead atoms. The maximum atomic E-state index is 4.37. The SMILES string of the molecule is C(CCN1CCCC1)CSC1=NCCN1. The van der Waals surface area contributed by atoms with Crippen LogP contribution in [-0.4, -0.2) is 48.5 Å². The lowest BCUT2D eigenvalue weighted by molar-refractivity contribution is 0.333. The Bertz CT molecular complexity index is 212. The first-order chi connectivity index (χ1) is 7.45. The van der Waals surface area contributed by atoms with E-state index in [4.69, 9.17) is 0 Å². The van der Waals surface area contributed by atoms with Gasteiger partial charge < -0.3 is 10.2 Å². The summed E-state index contributed by atoms with van der Waals surface area (Å²) in [6, 6.07) is 0. The van der Waals surface area contributed by atoms with Gasteiger partial charge in [0.15, 0.2) is 5.17 Å². The average molecular weight is 227 g/mol. The van der Waals surface area contributed by atoms with Crippen LogP contribution in [0, 0.1) is 0 Å². The van der Waals surface area contributed by atoms with Crippen molar-refractivity contribution < 1.29 is 0 Å². The maximum absolute atomic E-state index is 4.37. The van der Waals surface area contributed by atoms with E-state index in [1.165, 1.54) is 51.1 Å². The summed E-state index contributed by atoms with van der Waals surface area (Å²) in [5, 5.41) is 4.45. The Balaban J connectivity index is 1.44. The van der Waals surface area contributed by atoms with Gasteiger partial charge in [-0.05, 0) is 45.3 Å². The Hall–Kier alpha value is -0.220. The molecule has 1 N–H and O–H groups in total. The van der Waals surface area contributed by atoms with Gasteiger partial charge in [-0.15, -0.1) is 0 Å². The van der Waals surface area contributed by atoms with Crippen molar-refractivity contribution in [2.75, 3.05) is 38.5 Å². The van der Waals surface area contributed by atoms with Gasteiger partial charge in [0.05, 0.1) is 6.54 Å². The summed E-state index contributed by atoms with van der Waals surface area (Å²) in [7, 11) is 0. The molecule has 0 atom stereocenters. The first kappa shape index (κ1) is 11.3. The fourth-order valence-corrected chi connectivity index (χ4v) is 3.01. The number of rotatable bonds is 5. The van der Waals surface area contributed by atoms with Gasteiger partial charge in [-0.25, -0.2) is 0 Å². The van der Waals surface area contributed by atoms with Gasteiger partial charge in [0.25, 0.3) is 0 Å². The fraction of sp³-hybridized carbons (Fsp3) is 0.909. The minimum atomic E-state index is 0.968. The third kappa shape index (κ3) is 4.03. The number of hydrogen-bond acceptors (Lipinski definition) is 4. The zero-order chi connectivity index (χ0) is 10.3. The molecule has 0 aromatic carbocycles. The first-order valence-corrected chi connectivity index (χ1v) is 7.07. The first-order valence-electron chi connectivity index (χ1n) is 6.08. The Kier molecular flexibility index (Phi) is 4.79. The molecular formula is C11H21N3S. The van der Waals surface area contributed by atoms with E-state index in [9.17, 15) is 0 Å². The fourth-order valence-electron chi connectivity index (χ4n) is 2.09. The molecular weight excluding hydrogens is 206 g/mol. The molecule has 0 amide bonds. The van der Waals surface area contributed by atoms with Gasteiger partial charge in [-0.1, -0.05) is 11.8 Å². The van der Waals surface area contributed by atoms with Crippen LogP contribution in [0.5, 0.6) is 0 Å². The van der Waals surface area contributed by atoms with Crippen molar-refractivity contribution >= 4 is 16.9 Å². The molecule has 2 heterocycles. The zero-order valence-corrected chi connectivity index (χ0v) is 10.2. The summed E-state index contributed by atoms with van der Waals surface area (Å²) in [6.45, 7) is 5.98. The summed E-state index contributed by atoms with van der Waals surface area (Å²) >= 11 is 1.89. The van der Waals surface area contributed by atoms with E-state index in [1.807, 2.05) is 11.8 Å². The number of hydrogen-bond donors (Lipinski definition) is 1. The standard InChI is InChI=1S/C11H21N3S/c1-2-8-14(7-1)9-3-4-10-15-11-12-5-6-13-11/h1-10H2,(H,12,13). The summed E-state index contributed by atoms with van der Waals surface area (Å²) in [5.74, 6) is 1.22. The number of nitrogens with one attached hydrogen (secondary N) is 1. The normalized spacial score (nSPS) is 21.7. The monoisotopic (exact) mass is 227 g/mol. The molecule has 0 spiro atoms. The van der Waals surface area contributed by atoms with Crippen LogP contribution < -0.4 is 5.32 Å². The lowest BCUT2D eigenvalue weighted by Crippen LogP contribution is -2.20. The second-order valence-electron chi connectivity index (χ2n) is 4.22. The molecule has 0 aliphatic carbocycles. The van der Waals surface area contributed by atoms with Crippen LogP contribution in [0.3, 0.4) is 0 Å². The van der Waals surface area contributed by atoms with Crippen LogP contribution in [0.1, 0.15) is 25.7 Å². The molecule has 3 nitrogen and oxygen atoms in total. The van der Waals surface area contributed by atoms with Crippen molar-refractivity contribution in [2.45, 2.75) is 25.7 Å². The summed E-state index contributed by atoms with van der Waals surface area (Å²) < 4.78 is 0. The van der Waals surface area contributed by atoms with Crippen molar-refractivity contribution in [1.29, 1.82) is 0 Å². The van der Waals surface area contributed by atoms with Gasteiger partial charge in [0.1, 0.15) is 0 Å². The second-order valence-corrected chi connectivity index (χ2v) is 5.30. The molecule has 2 aliphatic heterocycles. The van der Waals surface area contributed by atoms with E-state index in [1.54, 1.807) is 0 Å². The molecule has 2 rings (SSSR count). The number of thioether (sulfide) groups is 1. The molecule has 0 saturated carbocycles. The van der Waals surface area contributed by atoms with Gasteiger partial charge in [-0.3, -0.25) is 4.99 Å². The zero-order valence-electron chi connectivity index (χ0n) is 9.37. The third-order valence-corrected chi connectivity index (χ3v) is 3.99. The average Bonchev–Trinajstić information content (AvgIpc) is 2.88. The molecule has 0 radical (unpaired) electrons. The number of unbranched alkanes of at least 4 members (excludes halogenated alkanes) is 1. The van der Waals surface area contributed by atoms with Crippen LogP contribution in [0.25, 0.3) is 0 Å². The van der Waals surface area contributed by atoms with Crippen molar-refractivity contribution in [3.63, 3.8) is 0 Å². The third-order valence-electron chi connectivity index (χ3n) is 2.95. The van der Waals surface area contributed by atoms with Crippen LogP contribution in [-0.2, 0) is 0 Å². The molecule has 15 heavy (non-hydrogen) atoms. The highest BCUT2D eigenvalue weighted by Crippen LogP contribution is 2.11. The molecule has 86 valence electrons. The highest BCUT2D eigenvalue weighted by Gasteiger charge is 2.10. The molecule has 4 heteroatoms. The van der Waals surface area contributed by atoms with Crippen LogP contribution in [0.15, 0.2) is 4.99 Å². The van der Waals surface area contributed by atoms with Gasteiger partial charge in [0, 0.05) is 12.3 Å². The quantitative estimate of drug-likeness (QED) is 0.722. The van der Waals surface area contributed by atoms with E-state index in [2.05, 4.69) is 15.2 Å². The highest BCUT2D eigenvalue weighted by molar-refractivity contribution is 8.13. The van der Waals surface area contributed by atoms with Gasteiger partial charge >= 0.3 is 0 Å². The maximum Gasteiger partial charge on any atom is 0.156 e. The molecule has 1 saturated heterocycles. The van der Waals surface area contributed by atoms with Gasteiger partial charge in [-0.2, -0.15) is 0 Å². The molecule has 1 fully saturated rings. The second kappa shape index (κ2) is 6.38. The summed E-state index contributed by atoms with van der Waals surface area (Å²) in [4.78, 5) is 6.96. The van der Waals surface area contributed by atoms with Crippen LogP contribution >= 0.6 is 11.8 Å². The molecule has 0 aromatic heterocycles. The highest BCUT2D eigenvalue weighted by atomic mass is 32.2. The predicted molar refractivity (Wildman–Crippen MR) is 67.7 cm³/mol. The van der Waals surface area contributed by atoms with E-state index in [0.717, 1.165) is 18.3 Å². The number of likely N-dealkylation sites (tertiary alicyclic amines) is 1. The number of nitrogens with zero attached hydrogens (tertiary/aromatic N) is 2. The van der Waals surface area contributed by atoms with E-state index < -0.39 is 0 Å². The summed E-state index contributed by atoms with van der Waals surface area (Å²) in [6.07, 6.45) is 5.49. The predicted octanol–water partition coefficient (Wildman–Crippen LogP) is 1.55. The molecule has 2 aliphatic rings. The van der Waals surface area contributed by atoms with Gasteiger partial charge in [0.2, 0.25) is 0 Å². The largest absolute Gasteiger partial charge is 0.363 e. The Morgan fingerprint density at radius 1 is 1.27 bits per heavy atom. The van der Waals surface area contributed by atoms with Crippen molar-refractivity contribution in [1.82, 2.24) is 10.2 Å². The minimum absolute atomic E-state index is 0.968. The molecule has 0 aromatic rings. The summed E-state index contributed by atoms with van der Waals surface area (Å²) in [5.41, 5.74) is 0. The topological polar surface area (TPSA) is 27.6 Å². The minimum Gasteiger partial charge on any atom is -0.363 e. The van der Waals surface area contributed by atoms with Crippen molar-refractivity contribution in [2.24, 2.45) is 4.99 Å². The Morgan fingerprint density at radius 3 is 2.87 bits per heavy atom. The Morgan fingerprint density at radius 2 is 2.13 bits per heavy atom. The smallest absolute Gasteiger partial charge is 0.156 e. The Labute approximate surface area is 96.7 Å². The lowest BCUT2D eigenvalue weighted by atomic mass is 10.3. The van der Waals surface area contributed by atoms with Crippen molar-refractivity contribution in [3.8, 4) is 0 Å². The van der Waals surface area contributed by atoms with E-state index in [-0.39, 0.29) is 0 Å². The lowest BCUT2D eigenvalue weighted by Gasteiger charge is -2.13. The number of aliphatic imine (C=N–C) groups is 1. The number of amidine groups is 1. The van der Waals surface area contributed by atoms with Crippen molar-refractivity contribution in [3.05, 3.63) is 0 Å².